The molecule has 1 amide bonds. The van der Waals surface area contributed by atoms with Crippen molar-refractivity contribution < 1.29 is 23.6 Å². The molecule has 140 valence electrons. The van der Waals surface area contributed by atoms with Crippen LogP contribution in [0.2, 0.25) is 5.02 Å². The molecule has 2 aromatic rings. The number of carbonyl (C=O) groups excluding carboxylic acids is 2. The van der Waals surface area contributed by atoms with Crippen molar-refractivity contribution >= 4 is 35.2 Å². The van der Waals surface area contributed by atoms with Gasteiger partial charge >= 0.3 is 5.97 Å². The van der Waals surface area contributed by atoms with Gasteiger partial charge in [0.05, 0.1) is 22.1 Å². The summed E-state index contributed by atoms with van der Waals surface area (Å²) in [5, 5.41) is 13.1. The minimum Gasteiger partial charge on any atom is -0.461 e. The summed E-state index contributed by atoms with van der Waals surface area (Å²) in [6.07, 6.45) is 2.65. The van der Waals surface area contributed by atoms with Crippen LogP contribution >= 0.6 is 11.6 Å². The summed E-state index contributed by atoms with van der Waals surface area (Å²) in [6.45, 7) is -0.0504. The molecule has 0 bridgehead atoms. The predicted octanol–water partition coefficient (Wildman–Crippen LogP) is 3.37. The molecule has 0 unspecified atom stereocenters. The van der Waals surface area contributed by atoms with Crippen molar-refractivity contribution in [2.75, 3.05) is 13.2 Å². The minimum absolute atomic E-state index is 0.0300. The average molecular weight is 393 g/mol. The van der Waals surface area contributed by atoms with Gasteiger partial charge in [-0.25, -0.2) is 9.18 Å². The summed E-state index contributed by atoms with van der Waals surface area (Å²) in [5.74, 6) is -1.55. The van der Waals surface area contributed by atoms with E-state index in [1.165, 1.54) is 48.6 Å². The Morgan fingerprint density at radius 2 is 1.93 bits per heavy atom. The third-order valence-corrected chi connectivity index (χ3v) is 3.63. The van der Waals surface area contributed by atoms with Crippen molar-refractivity contribution in [3.05, 3.63) is 80.6 Å². The number of esters is 1. The third kappa shape index (κ3) is 6.19. The van der Waals surface area contributed by atoms with Crippen molar-refractivity contribution in [1.82, 2.24) is 5.32 Å². The number of nitro benzene ring substituents is 1. The van der Waals surface area contributed by atoms with Crippen molar-refractivity contribution in [3.63, 3.8) is 0 Å². The lowest BCUT2D eigenvalue weighted by Gasteiger charge is -2.07. The highest BCUT2D eigenvalue weighted by molar-refractivity contribution is 6.34. The minimum atomic E-state index is -0.623. The number of ether oxygens (including phenoxy) is 1. The maximum Gasteiger partial charge on any atom is 0.330 e. The highest BCUT2D eigenvalue weighted by Crippen LogP contribution is 2.22. The van der Waals surface area contributed by atoms with Crippen molar-refractivity contribution in [2.45, 2.75) is 0 Å². The summed E-state index contributed by atoms with van der Waals surface area (Å²) < 4.78 is 17.7. The van der Waals surface area contributed by atoms with Crippen molar-refractivity contribution in [3.8, 4) is 0 Å². The maximum absolute atomic E-state index is 12.8. The van der Waals surface area contributed by atoms with E-state index in [2.05, 4.69) is 5.32 Å². The lowest BCUT2D eigenvalue weighted by Crippen LogP contribution is -2.28. The first kappa shape index (κ1) is 20.1. The first-order valence-electron chi connectivity index (χ1n) is 7.69. The highest BCUT2D eigenvalue weighted by atomic mass is 35.5. The molecule has 7 nitrogen and oxygen atoms in total. The van der Waals surface area contributed by atoms with Crippen molar-refractivity contribution in [1.29, 1.82) is 0 Å². The lowest BCUT2D eigenvalue weighted by molar-refractivity contribution is -0.384. The van der Waals surface area contributed by atoms with Crippen LogP contribution in [0.5, 0.6) is 0 Å². The summed E-state index contributed by atoms with van der Waals surface area (Å²) in [6, 6.07) is 9.04. The largest absolute Gasteiger partial charge is 0.461 e. The Balaban J connectivity index is 1.77. The van der Waals surface area contributed by atoms with E-state index in [1.54, 1.807) is 0 Å². The van der Waals surface area contributed by atoms with E-state index in [4.69, 9.17) is 16.3 Å². The van der Waals surface area contributed by atoms with Gasteiger partial charge in [0, 0.05) is 18.2 Å². The Labute approximate surface area is 158 Å². The number of hydrogen-bond donors (Lipinski definition) is 1. The van der Waals surface area contributed by atoms with Crippen LogP contribution in [-0.4, -0.2) is 30.0 Å². The number of nitrogens with zero attached hydrogens (tertiary/aromatic N) is 1. The SMILES string of the molecule is O=C(C=Cc1ccc(F)cc1)OCCNC(=O)c1ccc([N+](=O)[O-])cc1Cl. The number of hydrogen-bond acceptors (Lipinski definition) is 5. The van der Waals surface area contributed by atoms with Gasteiger partial charge in [-0.05, 0) is 29.8 Å². The molecule has 0 aromatic heterocycles. The topological polar surface area (TPSA) is 98.5 Å². The van der Waals surface area contributed by atoms with Gasteiger partial charge in [-0.1, -0.05) is 23.7 Å². The molecule has 0 aliphatic carbocycles. The van der Waals surface area contributed by atoms with Gasteiger partial charge in [-0.2, -0.15) is 0 Å². The van der Waals surface area contributed by atoms with Crippen molar-refractivity contribution in [2.24, 2.45) is 0 Å². The lowest BCUT2D eigenvalue weighted by atomic mass is 10.2. The normalized spacial score (nSPS) is 10.6. The van der Waals surface area contributed by atoms with E-state index in [-0.39, 0.29) is 35.2 Å². The fourth-order valence-electron chi connectivity index (χ4n) is 2.00. The van der Waals surface area contributed by atoms with Crippen LogP contribution in [0, 0.1) is 15.9 Å². The molecule has 0 aliphatic heterocycles. The molecule has 0 heterocycles. The number of amides is 1. The molecule has 2 aromatic carbocycles. The zero-order valence-corrected chi connectivity index (χ0v) is 14.6. The summed E-state index contributed by atoms with van der Waals surface area (Å²) in [7, 11) is 0. The number of nitro groups is 1. The summed E-state index contributed by atoms with van der Waals surface area (Å²) in [5.41, 5.74) is 0.484. The number of rotatable bonds is 7. The first-order chi connectivity index (χ1) is 12.9. The third-order valence-electron chi connectivity index (χ3n) is 3.32. The molecule has 0 radical (unpaired) electrons. The zero-order chi connectivity index (χ0) is 19.8. The second-order valence-corrected chi connectivity index (χ2v) is 5.64. The standard InChI is InChI=1S/C18H14ClFN2O5/c19-16-11-14(22(25)26)6-7-15(16)18(24)21-9-10-27-17(23)8-3-12-1-4-13(20)5-2-12/h1-8,11H,9-10H2,(H,21,24). The molecule has 0 atom stereocenters. The van der Waals surface area contributed by atoms with Gasteiger partial charge in [0.25, 0.3) is 11.6 Å². The smallest absolute Gasteiger partial charge is 0.330 e. The van der Waals surface area contributed by atoms with Gasteiger partial charge in [-0.15, -0.1) is 0 Å². The van der Waals surface area contributed by atoms with E-state index in [0.717, 1.165) is 6.07 Å². The molecule has 27 heavy (non-hydrogen) atoms. The number of benzene rings is 2. The Morgan fingerprint density at radius 1 is 1.22 bits per heavy atom. The zero-order valence-electron chi connectivity index (χ0n) is 13.9. The van der Waals surface area contributed by atoms with Crippen LogP contribution in [0.3, 0.4) is 0 Å². The summed E-state index contributed by atoms with van der Waals surface area (Å²) >= 11 is 5.86. The Bertz CT molecular complexity index is 884. The molecule has 0 saturated carbocycles. The number of nitrogens with one attached hydrogen (secondary N) is 1. The van der Waals surface area contributed by atoms with E-state index >= 15 is 0 Å². The second-order valence-electron chi connectivity index (χ2n) is 5.23. The molecular formula is C18H14ClFN2O5. The quantitative estimate of drug-likeness (QED) is 0.256. The molecule has 0 aliphatic rings. The van der Waals surface area contributed by atoms with Gasteiger partial charge in [0.1, 0.15) is 12.4 Å². The van der Waals surface area contributed by atoms with Crippen LogP contribution in [0.15, 0.2) is 48.5 Å². The molecule has 0 fully saturated rings. The monoisotopic (exact) mass is 392 g/mol. The second kappa shape index (κ2) is 9.44. The van der Waals surface area contributed by atoms with Crippen LogP contribution in [0.4, 0.5) is 10.1 Å². The van der Waals surface area contributed by atoms with Crippen LogP contribution in [0.25, 0.3) is 6.08 Å². The molecular weight excluding hydrogens is 379 g/mol. The Kier molecular flexibility index (Phi) is 7.01. The molecule has 9 heteroatoms. The van der Waals surface area contributed by atoms with Gasteiger partial charge < -0.3 is 10.1 Å². The fraction of sp³-hybridized carbons (Fsp3) is 0.111. The maximum atomic E-state index is 12.8. The molecule has 0 spiro atoms. The van der Waals surface area contributed by atoms with E-state index in [9.17, 15) is 24.1 Å². The molecule has 1 N–H and O–H groups in total. The van der Waals surface area contributed by atoms with Gasteiger partial charge in [0.15, 0.2) is 0 Å². The van der Waals surface area contributed by atoms with Gasteiger partial charge in [-0.3, -0.25) is 14.9 Å². The van der Waals surface area contributed by atoms with E-state index in [0.29, 0.717) is 5.56 Å². The highest BCUT2D eigenvalue weighted by Gasteiger charge is 2.14. The molecule has 0 saturated heterocycles. The number of carbonyl (C=O) groups is 2. The van der Waals surface area contributed by atoms with Crippen LogP contribution in [0.1, 0.15) is 15.9 Å². The van der Waals surface area contributed by atoms with E-state index in [1.807, 2.05) is 0 Å². The average Bonchev–Trinajstić information content (AvgIpc) is 2.64. The molecule has 2 rings (SSSR count). The predicted molar refractivity (Wildman–Crippen MR) is 96.8 cm³/mol. The van der Waals surface area contributed by atoms with Gasteiger partial charge in [0.2, 0.25) is 0 Å². The van der Waals surface area contributed by atoms with Crippen LogP contribution in [-0.2, 0) is 9.53 Å². The first-order valence-corrected chi connectivity index (χ1v) is 8.07. The summed E-state index contributed by atoms with van der Waals surface area (Å²) in [4.78, 5) is 33.6. The Hall–Kier alpha value is -3.26. The van der Waals surface area contributed by atoms with Crippen LogP contribution < -0.4 is 5.32 Å². The Morgan fingerprint density at radius 3 is 2.56 bits per heavy atom. The number of non-ortho nitro benzene ring substituents is 1. The van der Waals surface area contributed by atoms with E-state index < -0.39 is 16.8 Å². The number of halogens is 2. The fourth-order valence-corrected chi connectivity index (χ4v) is 2.26.